The minimum absolute atomic E-state index is 0.517. The fourth-order valence-electron chi connectivity index (χ4n) is 2.40. The Hall–Kier alpha value is -1.76. The predicted molar refractivity (Wildman–Crippen MR) is 88.3 cm³/mol. The number of para-hydroxylation sites is 1. The van der Waals surface area contributed by atoms with Gasteiger partial charge in [0.2, 0.25) is 0 Å². The summed E-state index contributed by atoms with van der Waals surface area (Å²) < 4.78 is 0. The molecule has 0 aliphatic heterocycles. The Kier molecular flexibility index (Phi) is 5.23. The Labute approximate surface area is 123 Å². The van der Waals surface area contributed by atoms with E-state index in [1.165, 1.54) is 16.8 Å². The highest BCUT2D eigenvalue weighted by Crippen LogP contribution is 2.18. The first-order valence-electron chi connectivity index (χ1n) is 7.53. The second-order valence-corrected chi connectivity index (χ2v) is 5.99. The van der Waals surface area contributed by atoms with Crippen LogP contribution in [0.15, 0.2) is 54.6 Å². The predicted octanol–water partition coefficient (Wildman–Crippen LogP) is 5.10. The van der Waals surface area contributed by atoms with Crippen LogP contribution in [0.1, 0.15) is 37.8 Å². The summed E-state index contributed by atoms with van der Waals surface area (Å²) in [5.74, 6) is 1.24. The normalized spacial score (nSPS) is 12.4. The van der Waals surface area contributed by atoms with Crippen LogP contribution in [-0.2, 0) is 6.42 Å². The first kappa shape index (κ1) is 14.6. The number of hydrogen-bond acceptors (Lipinski definition) is 1. The van der Waals surface area contributed by atoms with E-state index in [1.54, 1.807) is 0 Å². The van der Waals surface area contributed by atoms with Crippen molar-refractivity contribution in [2.24, 2.45) is 5.92 Å². The number of anilines is 1. The van der Waals surface area contributed by atoms with E-state index < -0.39 is 0 Å². The molecule has 2 aromatic rings. The molecule has 0 saturated heterocycles. The van der Waals surface area contributed by atoms with Gasteiger partial charge in [-0.3, -0.25) is 0 Å². The molecule has 1 heteroatoms. The van der Waals surface area contributed by atoms with Gasteiger partial charge in [-0.25, -0.2) is 0 Å². The van der Waals surface area contributed by atoms with Crippen molar-refractivity contribution in [2.75, 3.05) is 11.9 Å². The quantitative estimate of drug-likeness (QED) is 0.767. The SMILES string of the molecule is CC(C)Cc1ccc(C(C)CNc2ccccc2)cc1. The lowest BCUT2D eigenvalue weighted by molar-refractivity contribution is 0.647. The molecule has 0 aliphatic carbocycles. The second kappa shape index (κ2) is 7.14. The number of nitrogens with one attached hydrogen (secondary N) is 1. The maximum absolute atomic E-state index is 3.49. The fourth-order valence-corrected chi connectivity index (χ4v) is 2.40. The summed E-state index contributed by atoms with van der Waals surface area (Å²) in [4.78, 5) is 0. The van der Waals surface area contributed by atoms with Crippen molar-refractivity contribution < 1.29 is 0 Å². The van der Waals surface area contributed by atoms with Crippen LogP contribution < -0.4 is 5.32 Å². The van der Waals surface area contributed by atoms with E-state index in [9.17, 15) is 0 Å². The molecule has 0 amide bonds. The summed E-state index contributed by atoms with van der Waals surface area (Å²) >= 11 is 0. The molecule has 0 aliphatic rings. The van der Waals surface area contributed by atoms with Crippen LogP contribution in [0.4, 0.5) is 5.69 Å². The highest BCUT2D eigenvalue weighted by Gasteiger charge is 2.06. The summed E-state index contributed by atoms with van der Waals surface area (Å²) in [5.41, 5.74) is 4.03. The largest absolute Gasteiger partial charge is 0.384 e. The highest BCUT2D eigenvalue weighted by molar-refractivity contribution is 5.43. The van der Waals surface area contributed by atoms with E-state index >= 15 is 0 Å². The Balaban J connectivity index is 1.90. The lowest BCUT2D eigenvalue weighted by atomic mass is 9.97. The minimum Gasteiger partial charge on any atom is -0.384 e. The first-order valence-corrected chi connectivity index (χ1v) is 7.53. The zero-order valence-corrected chi connectivity index (χ0v) is 12.8. The molecule has 0 fully saturated rings. The number of hydrogen-bond donors (Lipinski definition) is 1. The molecule has 0 spiro atoms. The molecule has 1 N–H and O–H groups in total. The van der Waals surface area contributed by atoms with Crippen LogP contribution in [0.5, 0.6) is 0 Å². The molecule has 20 heavy (non-hydrogen) atoms. The lowest BCUT2D eigenvalue weighted by Gasteiger charge is -2.15. The summed E-state index contributed by atoms with van der Waals surface area (Å²) in [6, 6.07) is 19.5. The first-order chi connectivity index (χ1) is 9.65. The lowest BCUT2D eigenvalue weighted by Crippen LogP contribution is -2.09. The average molecular weight is 267 g/mol. The van der Waals surface area contributed by atoms with Crippen LogP contribution in [0.25, 0.3) is 0 Å². The zero-order chi connectivity index (χ0) is 14.4. The molecule has 2 rings (SSSR count). The van der Waals surface area contributed by atoms with Crippen LogP contribution in [0, 0.1) is 5.92 Å². The van der Waals surface area contributed by atoms with Crippen LogP contribution in [0.3, 0.4) is 0 Å². The Morgan fingerprint density at radius 2 is 1.50 bits per heavy atom. The number of rotatable bonds is 6. The van der Waals surface area contributed by atoms with Crippen molar-refractivity contribution >= 4 is 5.69 Å². The Bertz CT molecular complexity index is 499. The van der Waals surface area contributed by atoms with Gasteiger partial charge in [0.15, 0.2) is 0 Å². The maximum Gasteiger partial charge on any atom is 0.0340 e. The van der Waals surface area contributed by atoms with Crippen LogP contribution >= 0.6 is 0 Å². The molecule has 0 heterocycles. The van der Waals surface area contributed by atoms with Gasteiger partial charge >= 0.3 is 0 Å². The van der Waals surface area contributed by atoms with Gasteiger partial charge in [0, 0.05) is 12.2 Å². The van der Waals surface area contributed by atoms with Gasteiger partial charge in [0.05, 0.1) is 0 Å². The third-order valence-corrected chi connectivity index (χ3v) is 3.58. The van der Waals surface area contributed by atoms with Crippen molar-refractivity contribution in [3.8, 4) is 0 Å². The van der Waals surface area contributed by atoms with Gasteiger partial charge in [-0.2, -0.15) is 0 Å². The molecule has 0 radical (unpaired) electrons. The van der Waals surface area contributed by atoms with Crippen molar-refractivity contribution in [2.45, 2.75) is 33.1 Å². The average Bonchev–Trinajstić information content (AvgIpc) is 2.46. The molecule has 0 aromatic heterocycles. The minimum atomic E-state index is 0.517. The van der Waals surface area contributed by atoms with E-state index in [0.29, 0.717) is 5.92 Å². The topological polar surface area (TPSA) is 12.0 Å². The molecule has 1 nitrogen and oxygen atoms in total. The van der Waals surface area contributed by atoms with Gasteiger partial charge in [-0.1, -0.05) is 63.2 Å². The monoisotopic (exact) mass is 267 g/mol. The van der Waals surface area contributed by atoms with E-state index in [2.05, 4.69) is 74.6 Å². The van der Waals surface area contributed by atoms with E-state index in [4.69, 9.17) is 0 Å². The van der Waals surface area contributed by atoms with Gasteiger partial charge < -0.3 is 5.32 Å². The number of benzene rings is 2. The standard InChI is InChI=1S/C19H25N/c1-15(2)13-17-9-11-18(12-10-17)16(3)14-20-19-7-5-4-6-8-19/h4-12,15-16,20H,13-14H2,1-3H3. The Morgan fingerprint density at radius 1 is 0.850 bits per heavy atom. The van der Waals surface area contributed by atoms with E-state index in [1.807, 2.05) is 6.07 Å². The summed E-state index contributed by atoms with van der Waals surface area (Å²) in [5, 5.41) is 3.49. The van der Waals surface area contributed by atoms with Crippen molar-refractivity contribution in [1.82, 2.24) is 0 Å². The van der Waals surface area contributed by atoms with Gasteiger partial charge in [-0.05, 0) is 41.5 Å². The molecule has 2 aromatic carbocycles. The fraction of sp³-hybridized carbons (Fsp3) is 0.368. The molecule has 106 valence electrons. The molecule has 0 bridgehead atoms. The highest BCUT2D eigenvalue weighted by atomic mass is 14.9. The zero-order valence-electron chi connectivity index (χ0n) is 12.8. The van der Waals surface area contributed by atoms with Crippen molar-refractivity contribution in [3.63, 3.8) is 0 Å². The molecular weight excluding hydrogens is 242 g/mol. The molecular formula is C19H25N. The third kappa shape index (κ3) is 4.41. The summed E-state index contributed by atoms with van der Waals surface area (Å²) in [6.45, 7) is 7.77. The molecule has 1 unspecified atom stereocenters. The Morgan fingerprint density at radius 3 is 2.10 bits per heavy atom. The summed E-state index contributed by atoms with van der Waals surface area (Å²) in [7, 11) is 0. The molecule has 1 atom stereocenters. The summed E-state index contributed by atoms with van der Waals surface area (Å²) in [6.07, 6.45) is 1.16. The maximum atomic E-state index is 3.49. The van der Waals surface area contributed by atoms with Gasteiger partial charge in [0.1, 0.15) is 0 Å². The second-order valence-electron chi connectivity index (χ2n) is 5.99. The van der Waals surface area contributed by atoms with Crippen molar-refractivity contribution in [3.05, 3.63) is 65.7 Å². The van der Waals surface area contributed by atoms with Crippen LogP contribution in [-0.4, -0.2) is 6.54 Å². The van der Waals surface area contributed by atoms with Crippen LogP contribution in [0.2, 0.25) is 0 Å². The van der Waals surface area contributed by atoms with E-state index in [0.717, 1.165) is 18.9 Å². The third-order valence-electron chi connectivity index (χ3n) is 3.58. The smallest absolute Gasteiger partial charge is 0.0340 e. The van der Waals surface area contributed by atoms with Crippen molar-refractivity contribution in [1.29, 1.82) is 0 Å². The molecule has 0 saturated carbocycles. The van der Waals surface area contributed by atoms with Gasteiger partial charge in [-0.15, -0.1) is 0 Å². The van der Waals surface area contributed by atoms with Gasteiger partial charge in [0.25, 0.3) is 0 Å². The van der Waals surface area contributed by atoms with E-state index in [-0.39, 0.29) is 0 Å².